The van der Waals surface area contributed by atoms with Gasteiger partial charge in [0.15, 0.2) is 0 Å². The maximum absolute atomic E-state index is 11.1. The number of rotatable bonds is 3. The van der Waals surface area contributed by atoms with Gasteiger partial charge in [0.25, 0.3) is 0 Å². The van der Waals surface area contributed by atoms with Gasteiger partial charge in [-0.3, -0.25) is 4.79 Å². The summed E-state index contributed by atoms with van der Waals surface area (Å²) in [5.41, 5.74) is 3.28. The van der Waals surface area contributed by atoms with Crippen LogP contribution in [-0.4, -0.2) is 16.1 Å². The van der Waals surface area contributed by atoms with E-state index < -0.39 is 11.9 Å². The molecule has 0 fully saturated rings. The Balaban J connectivity index is 1.82. The summed E-state index contributed by atoms with van der Waals surface area (Å²) in [6.07, 6.45) is 2.36. The van der Waals surface area contributed by atoms with Crippen LogP contribution in [0.2, 0.25) is 0 Å². The highest BCUT2D eigenvalue weighted by atomic mass is 32.1. The third kappa shape index (κ3) is 2.40. The molecule has 98 valence electrons. The molecular formula is C15H15NO2S. The number of benzene rings is 1. The smallest absolute Gasteiger partial charge is 0.312 e. The fraction of sp³-hybridized carbons (Fsp3) is 0.333. The number of nitrogens with zero attached hydrogens (tertiary/aromatic N) is 1. The molecule has 1 aliphatic carbocycles. The third-order valence-electron chi connectivity index (χ3n) is 3.54. The van der Waals surface area contributed by atoms with Crippen molar-refractivity contribution in [2.45, 2.75) is 32.1 Å². The number of thiazole rings is 1. The molecule has 1 heterocycles. The van der Waals surface area contributed by atoms with Crippen molar-refractivity contribution >= 4 is 17.3 Å². The fourth-order valence-electron chi connectivity index (χ4n) is 2.47. The van der Waals surface area contributed by atoms with E-state index in [1.807, 2.05) is 0 Å². The Kier molecular flexibility index (Phi) is 3.11. The summed E-state index contributed by atoms with van der Waals surface area (Å²) in [5.74, 6) is -1.14. The summed E-state index contributed by atoms with van der Waals surface area (Å²) < 4.78 is 0. The van der Waals surface area contributed by atoms with Crippen molar-refractivity contribution in [3.63, 3.8) is 0 Å². The molecule has 3 rings (SSSR count). The van der Waals surface area contributed by atoms with Gasteiger partial charge in [-0.25, -0.2) is 4.98 Å². The van der Waals surface area contributed by atoms with Gasteiger partial charge in [0.05, 0.1) is 10.7 Å². The Hall–Kier alpha value is -1.68. The first-order chi connectivity index (χ1) is 9.13. The predicted octanol–water partition coefficient (Wildman–Crippen LogP) is 3.16. The molecule has 3 nitrogen and oxygen atoms in total. The van der Waals surface area contributed by atoms with E-state index in [4.69, 9.17) is 5.11 Å². The van der Waals surface area contributed by atoms with Crippen LogP contribution < -0.4 is 0 Å². The van der Waals surface area contributed by atoms with Crippen molar-refractivity contribution in [3.05, 3.63) is 51.0 Å². The number of carbonyl (C=O) groups is 1. The first-order valence-electron chi connectivity index (χ1n) is 6.40. The van der Waals surface area contributed by atoms with Crippen molar-refractivity contribution in [2.75, 3.05) is 0 Å². The quantitative estimate of drug-likeness (QED) is 0.934. The lowest BCUT2D eigenvalue weighted by Crippen LogP contribution is -2.08. The van der Waals surface area contributed by atoms with Crippen LogP contribution in [0.25, 0.3) is 0 Å². The van der Waals surface area contributed by atoms with Gasteiger partial charge in [0.1, 0.15) is 5.92 Å². The van der Waals surface area contributed by atoms with Crippen LogP contribution in [0.1, 0.15) is 39.0 Å². The Morgan fingerprint density at radius 1 is 1.42 bits per heavy atom. The lowest BCUT2D eigenvalue weighted by Gasteiger charge is -2.02. The van der Waals surface area contributed by atoms with Gasteiger partial charge in [-0.1, -0.05) is 29.8 Å². The summed E-state index contributed by atoms with van der Waals surface area (Å²) >= 11 is 1.67. The first kappa shape index (κ1) is 12.4. The second-order valence-corrected chi connectivity index (χ2v) is 6.18. The molecule has 2 aromatic rings. The SMILES string of the molecule is Cc1ccc(Cc2nc3c(s2)CCC3C(=O)O)cc1. The van der Waals surface area contributed by atoms with Gasteiger partial charge in [-0.15, -0.1) is 11.3 Å². The second-order valence-electron chi connectivity index (χ2n) is 5.01. The molecule has 1 N–H and O–H groups in total. The summed E-state index contributed by atoms with van der Waals surface area (Å²) in [6.45, 7) is 2.07. The summed E-state index contributed by atoms with van der Waals surface area (Å²) in [5, 5.41) is 10.2. The molecule has 0 saturated carbocycles. The normalized spacial score (nSPS) is 17.4. The van der Waals surface area contributed by atoms with Crippen LogP contribution in [0.15, 0.2) is 24.3 Å². The number of carboxylic acid groups (broad SMARTS) is 1. The van der Waals surface area contributed by atoms with Gasteiger partial charge in [0, 0.05) is 11.3 Å². The topological polar surface area (TPSA) is 50.2 Å². The van der Waals surface area contributed by atoms with Crippen LogP contribution in [0.4, 0.5) is 0 Å². The van der Waals surface area contributed by atoms with E-state index in [0.29, 0.717) is 6.42 Å². The first-order valence-corrected chi connectivity index (χ1v) is 7.22. The number of carboxylic acids is 1. The molecular weight excluding hydrogens is 258 g/mol. The summed E-state index contributed by atoms with van der Waals surface area (Å²) in [6, 6.07) is 8.40. The Labute approximate surface area is 115 Å². The zero-order chi connectivity index (χ0) is 13.4. The maximum atomic E-state index is 11.1. The number of hydrogen-bond donors (Lipinski definition) is 1. The molecule has 1 atom stereocenters. The van der Waals surface area contributed by atoms with Gasteiger partial charge < -0.3 is 5.11 Å². The molecule has 1 aromatic heterocycles. The van der Waals surface area contributed by atoms with E-state index in [1.54, 1.807) is 11.3 Å². The second kappa shape index (κ2) is 4.78. The Morgan fingerprint density at radius 2 is 2.16 bits per heavy atom. The number of aromatic nitrogens is 1. The minimum Gasteiger partial charge on any atom is -0.481 e. The van der Waals surface area contributed by atoms with E-state index in [9.17, 15) is 4.79 Å². The zero-order valence-electron chi connectivity index (χ0n) is 10.7. The third-order valence-corrected chi connectivity index (χ3v) is 4.67. The summed E-state index contributed by atoms with van der Waals surface area (Å²) in [4.78, 5) is 16.8. The van der Waals surface area contributed by atoms with E-state index in [1.165, 1.54) is 11.1 Å². The number of aliphatic carboxylic acids is 1. The number of fused-ring (bicyclic) bond motifs is 1. The highest BCUT2D eigenvalue weighted by molar-refractivity contribution is 7.11. The summed E-state index contributed by atoms with van der Waals surface area (Å²) in [7, 11) is 0. The average molecular weight is 273 g/mol. The lowest BCUT2D eigenvalue weighted by molar-refractivity contribution is -0.138. The molecule has 1 unspecified atom stereocenters. The predicted molar refractivity (Wildman–Crippen MR) is 74.8 cm³/mol. The highest BCUT2D eigenvalue weighted by Gasteiger charge is 2.32. The minimum atomic E-state index is -0.745. The largest absolute Gasteiger partial charge is 0.481 e. The molecule has 0 bridgehead atoms. The number of aryl methyl sites for hydroxylation is 2. The van der Waals surface area contributed by atoms with E-state index in [0.717, 1.165) is 28.4 Å². The van der Waals surface area contributed by atoms with Gasteiger partial charge in [0.2, 0.25) is 0 Å². The van der Waals surface area contributed by atoms with Crippen molar-refractivity contribution < 1.29 is 9.90 Å². The van der Waals surface area contributed by atoms with Crippen molar-refractivity contribution in [1.29, 1.82) is 0 Å². The molecule has 4 heteroatoms. The molecule has 0 aliphatic heterocycles. The molecule has 1 aliphatic rings. The zero-order valence-corrected chi connectivity index (χ0v) is 11.5. The monoisotopic (exact) mass is 273 g/mol. The van der Waals surface area contributed by atoms with Gasteiger partial charge in [-0.2, -0.15) is 0 Å². The van der Waals surface area contributed by atoms with Crippen LogP contribution in [-0.2, 0) is 17.6 Å². The van der Waals surface area contributed by atoms with Crippen LogP contribution in [0.3, 0.4) is 0 Å². The molecule has 0 saturated heterocycles. The van der Waals surface area contributed by atoms with E-state index in [2.05, 4.69) is 36.2 Å². The fourth-order valence-corrected chi connectivity index (χ4v) is 3.65. The van der Waals surface area contributed by atoms with E-state index in [-0.39, 0.29) is 0 Å². The van der Waals surface area contributed by atoms with Crippen LogP contribution in [0, 0.1) is 6.92 Å². The molecule has 0 amide bonds. The van der Waals surface area contributed by atoms with Crippen molar-refractivity contribution in [3.8, 4) is 0 Å². The van der Waals surface area contributed by atoms with Crippen molar-refractivity contribution in [2.24, 2.45) is 0 Å². The minimum absolute atomic E-state index is 0.391. The molecule has 19 heavy (non-hydrogen) atoms. The van der Waals surface area contributed by atoms with Crippen LogP contribution >= 0.6 is 11.3 Å². The van der Waals surface area contributed by atoms with E-state index >= 15 is 0 Å². The molecule has 0 radical (unpaired) electrons. The van der Waals surface area contributed by atoms with Gasteiger partial charge >= 0.3 is 5.97 Å². The maximum Gasteiger partial charge on any atom is 0.312 e. The Bertz CT molecular complexity index is 616. The molecule has 0 spiro atoms. The highest BCUT2D eigenvalue weighted by Crippen LogP contribution is 2.37. The van der Waals surface area contributed by atoms with Crippen LogP contribution in [0.5, 0.6) is 0 Å². The van der Waals surface area contributed by atoms with Gasteiger partial charge in [-0.05, 0) is 25.3 Å². The lowest BCUT2D eigenvalue weighted by atomic mass is 10.1. The average Bonchev–Trinajstić information content (AvgIpc) is 2.91. The van der Waals surface area contributed by atoms with Crippen molar-refractivity contribution in [1.82, 2.24) is 4.98 Å². The number of hydrogen-bond acceptors (Lipinski definition) is 3. The standard InChI is InChI=1S/C15H15NO2S/c1-9-2-4-10(5-3-9)8-13-16-14-11(15(17)18)6-7-12(14)19-13/h2-5,11H,6-8H2,1H3,(H,17,18). The molecule has 1 aromatic carbocycles. The Morgan fingerprint density at radius 3 is 2.84 bits per heavy atom.